The van der Waals surface area contributed by atoms with Gasteiger partial charge in [0.15, 0.2) is 5.13 Å². The van der Waals surface area contributed by atoms with Crippen LogP contribution in [-0.4, -0.2) is 33.9 Å². The molecule has 1 aliphatic heterocycles. The molecule has 0 saturated carbocycles. The molecule has 2 N–H and O–H groups in total. The van der Waals surface area contributed by atoms with Gasteiger partial charge in [-0.1, -0.05) is 0 Å². The lowest BCUT2D eigenvalue weighted by Crippen LogP contribution is -2.40. The summed E-state index contributed by atoms with van der Waals surface area (Å²) >= 11 is 1.45. The van der Waals surface area contributed by atoms with E-state index in [1.54, 1.807) is 20.0 Å². The van der Waals surface area contributed by atoms with E-state index < -0.39 is 5.54 Å². The van der Waals surface area contributed by atoms with E-state index in [-0.39, 0.29) is 18.5 Å². The van der Waals surface area contributed by atoms with Crippen LogP contribution in [0.15, 0.2) is 6.20 Å². The zero-order valence-corrected chi connectivity index (χ0v) is 11.4. The highest BCUT2D eigenvalue weighted by Crippen LogP contribution is 2.23. The predicted molar refractivity (Wildman–Crippen MR) is 69.4 cm³/mol. The van der Waals surface area contributed by atoms with Gasteiger partial charge in [0, 0.05) is 17.6 Å². The Kier molecular flexibility index (Phi) is 3.25. The van der Waals surface area contributed by atoms with Crippen molar-refractivity contribution in [3.8, 4) is 0 Å². The standard InChI is InChI=1S/C11H16N4O2S/c1-4-12-9-13-5-7(18-9)6-15-8(16)11(2,3)14-10(15)17/h5H,4,6H2,1-3H3,(H,12,13)(H,14,17). The summed E-state index contributed by atoms with van der Waals surface area (Å²) in [5, 5.41) is 6.55. The second-order valence-corrected chi connectivity index (χ2v) is 5.72. The Morgan fingerprint density at radius 2 is 2.22 bits per heavy atom. The van der Waals surface area contributed by atoms with Crippen LogP contribution in [0.1, 0.15) is 25.6 Å². The summed E-state index contributed by atoms with van der Waals surface area (Å²) in [6, 6.07) is -0.344. The van der Waals surface area contributed by atoms with Crippen LogP contribution in [0.4, 0.5) is 9.93 Å². The average Bonchev–Trinajstić information content (AvgIpc) is 2.78. The fourth-order valence-corrected chi connectivity index (χ4v) is 2.60. The van der Waals surface area contributed by atoms with E-state index in [0.717, 1.165) is 16.6 Å². The third-order valence-corrected chi connectivity index (χ3v) is 3.58. The van der Waals surface area contributed by atoms with Gasteiger partial charge in [-0.25, -0.2) is 9.78 Å². The minimum Gasteiger partial charge on any atom is -0.362 e. The second kappa shape index (κ2) is 4.56. The molecule has 18 heavy (non-hydrogen) atoms. The highest BCUT2D eigenvalue weighted by Gasteiger charge is 2.44. The first-order valence-electron chi connectivity index (χ1n) is 5.76. The molecule has 1 aromatic heterocycles. The van der Waals surface area contributed by atoms with Crippen molar-refractivity contribution in [1.29, 1.82) is 0 Å². The first-order valence-corrected chi connectivity index (χ1v) is 6.58. The van der Waals surface area contributed by atoms with Crippen molar-refractivity contribution in [3.05, 3.63) is 11.1 Å². The van der Waals surface area contributed by atoms with Gasteiger partial charge in [-0.2, -0.15) is 0 Å². The fourth-order valence-electron chi connectivity index (χ4n) is 1.73. The van der Waals surface area contributed by atoms with E-state index in [9.17, 15) is 9.59 Å². The smallest absolute Gasteiger partial charge is 0.325 e. The average molecular weight is 268 g/mol. The van der Waals surface area contributed by atoms with Crippen molar-refractivity contribution in [3.63, 3.8) is 0 Å². The Morgan fingerprint density at radius 1 is 1.50 bits per heavy atom. The van der Waals surface area contributed by atoms with Crippen LogP contribution in [-0.2, 0) is 11.3 Å². The van der Waals surface area contributed by atoms with E-state index in [1.165, 1.54) is 16.2 Å². The molecule has 0 aliphatic carbocycles. The van der Waals surface area contributed by atoms with Crippen LogP contribution in [0.2, 0.25) is 0 Å². The summed E-state index contributed by atoms with van der Waals surface area (Å²) < 4.78 is 0. The molecule has 7 heteroatoms. The largest absolute Gasteiger partial charge is 0.362 e. The van der Waals surface area contributed by atoms with Gasteiger partial charge in [0.05, 0.1) is 6.54 Å². The Balaban J connectivity index is 2.09. The number of hydrogen-bond acceptors (Lipinski definition) is 5. The first kappa shape index (κ1) is 12.8. The number of nitrogens with one attached hydrogen (secondary N) is 2. The van der Waals surface area contributed by atoms with E-state index in [2.05, 4.69) is 15.6 Å². The minimum atomic E-state index is -0.813. The zero-order valence-electron chi connectivity index (χ0n) is 10.6. The summed E-state index contributed by atoms with van der Waals surface area (Å²) in [4.78, 5) is 30.0. The van der Waals surface area contributed by atoms with Crippen LogP contribution >= 0.6 is 11.3 Å². The maximum atomic E-state index is 12.0. The molecule has 2 heterocycles. The molecule has 0 radical (unpaired) electrons. The van der Waals surface area contributed by atoms with Gasteiger partial charge in [-0.15, -0.1) is 11.3 Å². The van der Waals surface area contributed by atoms with Crippen LogP contribution in [0.3, 0.4) is 0 Å². The SMILES string of the molecule is CCNc1ncc(CN2C(=O)NC(C)(C)C2=O)s1. The Morgan fingerprint density at radius 3 is 2.78 bits per heavy atom. The molecule has 1 aromatic rings. The van der Waals surface area contributed by atoms with Gasteiger partial charge in [-0.3, -0.25) is 9.69 Å². The molecule has 0 aromatic carbocycles. The molecule has 3 amide bonds. The Bertz CT molecular complexity index is 483. The summed E-state index contributed by atoms with van der Waals surface area (Å²) in [6.45, 7) is 6.45. The van der Waals surface area contributed by atoms with E-state index in [1.807, 2.05) is 6.92 Å². The molecule has 1 aliphatic rings. The summed E-state index contributed by atoms with van der Waals surface area (Å²) in [5.74, 6) is -0.203. The maximum Gasteiger partial charge on any atom is 0.325 e. The number of amides is 3. The monoisotopic (exact) mass is 268 g/mol. The number of carbonyl (C=O) groups excluding carboxylic acids is 2. The third kappa shape index (κ3) is 2.31. The number of hydrogen-bond donors (Lipinski definition) is 2. The second-order valence-electron chi connectivity index (χ2n) is 4.61. The van der Waals surface area contributed by atoms with Crippen molar-refractivity contribution in [2.24, 2.45) is 0 Å². The molecule has 1 fully saturated rings. The number of imide groups is 1. The quantitative estimate of drug-likeness (QED) is 0.810. The molecule has 98 valence electrons. The number of nitrogens with zero attached hydrogens (tertiary/aromatic N) is 2. The highest BCUT2D eigenvalue weighted by molar-refractivity contribution is 7.15. The van der Waals surface area contributed by atoms with Crippen LogP contribution < -0.4 is 10.6 Å². The minimum absolute atomic E-state index is 0.203. The number of urea groups is 1. The van der Waals surface area contributed by atoms with Gasteiger partial charge in [-0.05, 0) is 20.8 Å². The zero-order chi connectivity index (χ0) is 13.3. The molecule has 0 unspecified atom stereocenters. The third-order valence-electron chi connectivity index (χ3n) is 2.64. The van der Waals surface area contributed by atoms with Crippen molar-refractivity contribution in [2.45, 2.75) is 32.9 Å². The lowest BCUT2D eigenvalue weighted by Gasteiger charge is -2.14. The van der Waals surface area contributed by atoms with Gasteiger partial charge in [0.1, 0.15) is 5.54 Å². The molecule has 2 rings (SSSR count). The van der Waals surface area contributed by atoms with Gasteiger partial charge in [0.2, 0.25) is 0 Å². The van der Waals surface area contributed by atoms with Crippen molar-refractivity contribution >= 4 is 28.4 Å². The molecule has 0 bridgehead atoms. The van der Waals surface area contributed by atoms with Crippen LogP contribution in [0.5, 0.6) is 0 Å². The summed E-state index contributed by atoms with van der Waals surface area (Å²) in [6.07, 6.45) is 1.69. The van der Waals surface area contributed by atoms with Crippen molar-refractivity contribution in [2.75, 3.05) is 11.9 Å². The number of rotatable bonds is 4. The fraction of sp³-hybridized carbons (Fsp3) is 0.545. The molecule has 0 atom stereocenters. The van der Waals surface area contributed by atoms with E-state index in [4.69, 9.17) is 0 Å². The normalized spacial score (nSPS) is 18.1. The number of carbonyl (C=O) groups is 2. The maximum absolute atomic E-state index is 12.0. The molecule has 0 spiro atoms. The molecule has 6 nitrogen and oxygen atoms in total. The van der Waals surface area contributed by atoms with Gasteiger partial charge < -0.3 is 10.6 Å². The predicted octanol–water partition coefficient (Wildman–Crippen LogP) is 1.41. The number of thiazole rings is 1. The first-order chi connectivity index (χ1) is 8.44. The van der Waals surface area contributed by atoms with Gasteiger partial charge in [0.25, 0.3) is 5.91 Å². The topological polar surface area (TPSA) is 74.3 Å². The summed E-state index contributed by atoms with van der Waals surface area (Å²) in [5.41, 5.74) is -0.813. The highest BCUT2D eigenvalue weighted by atomic mass is 32.1. The molecular weight excluding hydrogens is 252 g/mol. The number of aromatic nitrogens is 1. The number of anilines is 1. The molecular formula is C11H16N4O2S. The van der Waals surface area contributed by atoms with Crippen molar-refractivity contribution < 1.29 is 9.59 Å². The van der Waals surface area contributed by atoms with Crippen molar-refractivity contribution in [1.82, 2.24) is 15.2 Å². The molecule has 1 saturated heterocycles. The van der Waals surface area contributed by atoms with E-state index >= 15 is 0 Å². The lowest BCUT2D eigenvalue weighted by molar-refractivity contribution is -0.130. The van der Waals surface area contributed by atoms with Crippen LogP contribution in [0, 0.1) is 0 Å². The van der Waals surface area contributed by atoms with Crippen LogP contribution in [0.25, 0.3) is 0 Å². The lowest BCUT2D eigenvalue weighted by atomic mass is 10.1. The summed E-state index contributed by atoms with van der Waals surface area (Å²) in [7, 11) is 0. The van der Waals surface area contributed by atoms with E-state index in [0.29, 0.717) is 0 Å². The van der Waals surface area contributed by atoms with Gasteiger partial charge >= 0.3 is 6.03 Å². The Labute approximate surface area is 109 Å². The Hall–Kier alpha value is -1.63.